The molecule has 0 aromatic carbocycles. The molecule has 2 aliphatic heterocycles. The predicted octanol–water partition coefficient (Wildman–Crippen LogP) is 3.04. The molecule has 31 heavy (non-hydrogen) atoms. The van der Waals surface area contributed by atoms with E-state index >= 15 is 0 Å². The number of amides is 2. The summed E-state index contributed by atoms with van der Waals surface area (Å²) in [5, 5.41) is 11.0. The molecule has 0 bridgehead atoms. The lowest BCUT2D eigenvalue weighted by Gasteiger charge is -2.34. The third kappa shape index (κ3) is 4.19. The fourth-order valence-electron chi connectivity index (χ4n) is 4.47. The summed E-state index contributed by atoms with van der Waals surface area (Å²) in [5.74, 6) is 0.889. The summed E-state index contributed by atoms with van der Waals surface area (Å²) < 4.78 is 1.28. The van der Waals surface area contributed by atoms with Crippen molar-refractivity contribution in [3.63, 3.8) is 0 Å². The molecule has 8 heteroatoms. The van der Waals surface area contributed by atoms with E-state index < -0.39 is 0 Å². The van der Waals surface area contributed by atoms with Gasteiger partial charge in [-0.1, -0.05) is 0 Å². The zero-order valence-corrected chi connectivity index (χ0v) is 18.2. The molecule has 0 aliphatic carbocycles. The fourth-order valence-corrected chi connectivity index (χ4v) is 4.47. The Labute approximate surface area is 182 Å². The Bertz CT molecular complexity index is 1050. The van der Waals surface area contributed by atoms with E-state index in [-0.39, 0.29) is 23.5 Å². The topological polar surface area (TPSA) is 94.3 Å². The van der Waals surface area contributed by atoms with Crippen LogP contribution >= 0.6 is 0 Å². The number of carbonyl (C=O) groups is 2. The van der Waals surface area contributed by atoms with Gasteiger partial charge in [-0.05, 0) is 63.6 Å². The predicted molar refractivity (Wildman–Crippen MR) is 119 cm³/mol. The molecular weight excluding hydrogens is 392 g/mol. The molecule has 2 amide bonds. The number of likely N-dealkylation sites (tertiary alicyclic amines) is 1. The summed E-state index contributed by atoms with van der Waals surface area (Å²) in [5.41, 5.74) is 2.63. The van der Waals surface area contributed by atoms with E-state index in [1.807, 2.05) is 24.0 Å². The highest BCUT2D eigenvalue weighted by molar-refractivity contribution is 5.95. The summed E-state index contributed by atoms with van der Waals surface area (Å²) in [6, 6.07) is 5.45. The number of fused-ring (bicyclic) bond motifs is 1. The number of aryl methyl sites for hydroxylation is 1. The van der Waals surface area contributed by atoms with Gasteiger partial charge in [-0.2, -0.15) is 0 Å². The van der Waals surface area contributed by atoms with Crippen LogP contribution in [-0.2, 0) is 6.42 Å². The number of anilines is 2. The van der Waals surface area contributed by atoms with Crippen LogP contribution in [0.4, 0.5) is 16.3 Å². The van der Waals surface area contributed by atoms with Crippen molar-refractivity contribution in [3.05, 3.63) is 47.2 Å². The number of nitrogens with zero attached hydrogens (tertiary/aromatic N) is 4. The summed E-state index contributed by atoms with van der Waals surface area (Å²) in [4.78, 5) is 33.8. The zero-order valence-electron chi connectivity index (χ0n) is 18.2. The standard InChI is InChI=1S/C23H30N6O2/c1-3-25-23(31)29-12-9-19(14-20(29)24)28-11-6-8-17-13-18(15-26-21(17)28)22(30)27-10-5-4-7-16(27)2/h9,12-16,24H,3-8,10-11H2,1-2H3,(H,25,31). The molecule has 1 fully saturated rings. The lowest BCUT2D eigenvalue weighted by molar-refractivity contribution is 0.0635. The van der Waals surface area contributed by atoms with E-state index in [1.165, 1.54) is 11.0 Å². The van der Waals surface area contributed by atoms with Gasteiger partial charge in [-0.25, -0.2) is 9.78 Å². The van der Waals surface area contributed by atoms with Crippen LogP contribution in [0.1, 0.15) is 55.5 Å². The summed E-state index contributed by atoms with van der Waals surface area (Å²) in [7, 11) is 0. The van der Waals surface area contributed by atoms with Gasteiger partial charge in [-0.15, -0.1) is 0 Å². The van der Waals surface area contributed by atoms with Crippen LogP contribution in [0.5, 0.6) is 0 Å². The van der Waals surface area contributed by atoms with Crippen molar-refractivity contribution < 1.29 is 9.59 Å². The third-order valence-electron chi connectivity index (χ3n) is 6.13. The minimum absolute atomic E-state index is 0.0655. The van der Waals surface area contributed by atoms with E-state index in [2.05, 4.69) is 22.1 Å². The minimum atomic E-state index is -0.314. The summed E-state index contributed by atoms with van der Waals surface area (Å²) in [6.45, 7) is 6.06. The second-order valence-electron chi connectivity index (χ2n) is 8.28. The Balaban J connectivity index is 1.60. The van der Waals surface area contributed by atoms with Gasteiger partial charge in [0.05, 0.1) is 5.56 Å². The van der Waals surface area contributed by atoms with E-state index in [4.69, 9.17) is 5.41 Å². The van der Waals surface area contributed by atoms with Crippen molar-refractivity contribution in [3.8, 4) is 0 Å². The largest absolute Gasteiger partial charge is 0.338 e. The average molecular weight is 423 g/mol. The lowest BCUT2D eigenvalue weighted by Crippen LogP contribution is -2.42. The first-order valence-electron chi connectivity index (χ1n) is 11.1. The molecule has 8 nitrogen and oxygen atoms in total. The summed E-state index contributed by atoms with van der Waals surface area (Å²) in [6.07, 6.45) is 8.39. The number of pyridine rings is 2. The molecule has 0 saturated carbocycles. The number of nitrogens with one attached hydrogen (secondary N) is 2. The highest BCUT2D eigenvalue weighted by Crippen LogP contribution is 2.32. The SMILES string of the molecule is CCNC(=O)n1ccc(N2CCCc3cc(C(=O)N4CCCCC4C)cnc32)cc1=N. The molecule has 1 unspecified atom stereocenters. The van der Waals surface area contributed by atoms with Gasteiger partial charge in [0.1, 0.15) is 11.3 Å². The fraction of sp³-hybridized carbons (Fsp3) is 0.478. The molecule has 2 N–H and O–H groups in total. The first-order chi connectivity index (χ1) is 15.0. The molecule has 164 valence electrons. The molecule has 2 aromatic heterocycles. The Hall–Kier alpha value is -3.16. The monoisotopic (exact) mass is 422 g/mol. The Kier molecular flexibility index (Phi) is 6.06. The number of piperidine rings is 1. The number of rotatable bonds is 3. The zero-order chi connectivity index (χ0) is 22.0. The Morgan fingerprint density at radius 2 is 2.06 bits per heavy atom. The second-order valence-corrected chi connectivity index (χ2v) is 8.28. The Morgan fingerprint density at radius 3 is 2.81 bits per heavy atom. The molecule has 4 heterocycles. The van der Waals surface area contributed by atoms with E-state index in [0.717, 1.165) is 55.8 Å². The lowest BCUT2D eigenvalue weighted by atomic mass is 10.0. The van der Waals surface area contributed by atoms with E-state index in [0.29, 0.717) is 12.1 Å². The highest BCUT2D eigenvalue weighted by atomic mass is 16.2. The number of hydrogen-bond donors (Lipinski definition) is 2. The number of carbonyl (C=O) groups excluding carboxylic acids is 2. The second kappa shape index (κ2) is 8.91. The quantitative estimate of drug-likeness (QED) is 0.795. The highest BCUT2D eigenvalue weighted by Gasteiger charge is 2.27. The van der Waals surface area contributed by atoms with Crippen LogP contribution in [0, 0.1) is 5.41 Å². The molecule has 1 saturated heterocycles. The van der Waals surface area contributed by atoms with Gasteiger partial charge < -0.3 is 15.1 Å². The molecule has 0 radical (unpaired) electrons. The maximum Gasteiger partial charge on any atom is 0.327 e. The summed E-state index contributed by atoms with van der Waals surface area (Å²) >= 11 is 0. The van der Waals surface area contributed by atoms with Crippen molar-refractivity contribution in [2.24, 2.45) is 0 Å². The van der Waals surface area contributed by atoms with Crippen LogP contribution in [0.2, 0.25) is 0 Å². The van der Waals surface area contributed by atoms with Crippen molar-refractivity contribution in [1.82, 2.24) is 19.8 Å². The van der Waals surface area contributed by atoms with Crippen LogP contribution < -0.4 is 15.7 Å². The van der Waals surface area contributed by atoms with Crippen LogP contribution in [0.15, 0.2) is 30.6 Å². The van der Waals surface area contributed by atoms with Gasteiger partial charge in [0.2, 0.25) is 0 Å². The molecular formula is C23H30N6O2. The number of hydrogen-bond acceptors (Lipinski definition) is 5. The van der Waals surface area contributed by atoms with Crippen molar-refractivity contribution in [2.45, 2.75) is 52.0 Å². The first-order valence-corrected chi connectivity index (χ1v) is 11.1. The van der Waals surface area contributed by atoms with Crippen LogP contribution in [0.3, 0.4) is 0 Å². The van der Waals surface area contributed by atoms with Gasteiger partial charge in [-0.3, -0.25) is 14.8 Å². The van der Waals surface area contributed by atoms with Crippen molar-refractivity contribution >= 4 is 23.4 Å². The maximum absolute atomic E-state index is 13.1. The minimum Gasteiger partial charge on any atom is -0.338 e. The third-order valence-corrected chi connectivity index (χ3v) is 6.13. The normalized spacial score (nSPS) is 18.5. The number of aromatic nitrogens is 2. The van der Waals surface area contributed by atoms with Gasteiger partial charge in [0, 0.05) is 49.8 Å². The van der Waals surface area contributed by atoms with Crippen LogP contribution in [0.25, 0.3) is 0 Å². The first kappa shape index (κ1) is 21.1. The average Bonchev–Trinajstić information content (AvgIpc) is 2.78. The molecule has 1 atom stereocenters. The van der Waals surface area contributed by atoms with Gasteiger partial charge in [0.15, 0.2) is 0 Å². The van der Waals surface area contributed by atoms with Gasteiger partial charge >= 0.3 is 6.03 Å². The Morgan fingerprint density at radius 1 is 1.23 bits per heavy atom. The van der Waals surface area contributed by atoms with Crippen LogP contribution in [-0.4, -0.2) is 52.1 Å². The molecule has 2 aliphatic rings. The van der Waals surface area contributed by atoms with E-state index in [1.54, 1.807) is 18.5 Å². The molecule has 0 spiro atoms. The van der Waals surface area contributed by atoms with Crippen molar-refractivity contribution in [1.29, 1.82) is 5.41 Å². The molecule has 4 rings (SSSR count). The molecule has 2 aromatic rings. The maximum atomic E-state index is 13.1. The van der Waals surface area contributed by atoms with E-state index in [9.17, 15) is 9.59 Å². The smallest absolute Gasteiger partial charge is 0.327 e. The van der Waals surface area contributed by atoms with Gasteiger partial charge in [0.25, 0.3) is 5.91 Å². The van der Waals surface area contributed by atoms with Crippen molar-refractivity contribution in [2.75, 3.05) is 24.5 Å².